The van der Waals surface area contributed by atoms with E-state index in [4.69, 9.17) is 5.73 Å². The van der Waals surface area contributed by atoms with Crippen molar-refractivity contribution in [2.45, 2.75) is 45.7 Å². The van der Waals surface area contributed by atoms with Gasteiger partial charge >= 0.3 is 0 Å². The summed E-state index contributed by atoms with van der Waals surface area (Å²) in [6.07, 6.45) is 2.09. The number of nitrogens with one attached hydrogen (secondary N) is 1. The summed E-state index contributed by atoms with van der Waals surface area (Å²) in [7, 11) is 0. The minimum Gasteiger partial charge on any atom is -0.352 e. The lowest BCUT2D eigenvalue weighted by molar-refractivity contribution is -0.124. The number of hydrogen-bond donors (Lipinski definition) is 2. The smallest absolute Gasteiger partial charge is 0.237 e. The molecule has 0 radical (unpaired) electrons. The Bertz CT molecular complexity index is 228. The van der Waals surface area contributed by atoms with Gasteiger partial charge in [0.15, 0.2) is 0 Å². The van der Waals surface area contributed by atoms with E-state index in [9.17, 15) is 4.79 Å². The lowest BCUT2D eigenvalue weighted by Crippen LogP contribution is -2.51. The fraction of sp³-hybridized carbons (Fsp3) is 0.917. The number of piperidine rings is 1. The van der Waals surface area contributed by atoms with Gasteiger partial charge in [-0.3, -0.25) is 4.79 Å². The third-order valence-corrected chi connectivity index (χ3v) is 3.40. The first-order valence-electron chi connectivity index (χ1n) is 6.33. The molecule has 4 nitrogen and oxygen atoms in total. The fourth-order valence-electron chi connectivity index (χ4n) is 1.99. The highest BCUT2D eigenvalue weighted by molar-refractivity contribution is 5.85. The molecule has 102 valence electrons. The van der Waals surface area contributed by atoms with Crippen molar-refractivity contribution in [3.05, 3.63) is 0 Å². The van der Waals surface area contributed by atoms with E-state index in [2.05, 4.69) is 17.1 Å². The Labute approximate surface area is 111 Å². The number of carbonyl (C=O) groups excluding carboxylic acids is 1. The number of amides is 1. The summed E-state index contributed by atoms with van der Waals surface area (Å²) in [5.74, 6) is 0.209. The van der Waals surface area contributed by atoms with Gasteiger partial charge in [-0.1, -0.05) is 20.8 Å². The summed E-state index contributed by atoms with van der Waals surface area (Å²) in [6.45, 7) is 9.39. The van der Waals surface area contributed by atoms with Crippen LogP contribution in [0.5, 0.6) is 0 Å². The quantitative estimate of drug-likeness (QED) is 0.795. The van der Waals surface area contributed by atoms with Crippen LogP contribution in [-0.4, -0.2) is 42.5 Å². The average Bonchev–Trinajstić information content (AvgIpc) is 2.28. The van der Waals surface area contributed by atoms with Crippen LogP contribution in [0.4, 0.5) is 0 Å². The van der Waals surface area contributed by atoms with Gasteiger partial charge in [0.2, 0.25) is 5.91 Å². The number of nitrogens with two attached hydrogens (primary N) is 1. The first kappa shape index (κ1) is 16.7. The summed E-state index contributed by atoms with van der Waals surface area (Å²) in [5.41, 5.74) is 5.81. The SMILES string of the molecule is CCN1CCC(NC(=O)[C@H](N)C(C)C)CC1.Cl. The van der Waals surface area contributed by atoms with Gasteiger partial charge in [0.25, 0.3) is 0 Å². The molecule has 3 N–H and O–H groups in total. The first-order chi connectivity index (χ1) is 7.54. The maximum absolute atomic E-state index is 11.8. The average molecular weight is 264 g/mol. The number of carbonyl (C=O) groups is 1. The Morgan fingerprint density at radius 3 is 2.35 bits per heavy atom. The second kappa shape index (κ2) is 7.90. The number of rotatable bonds is 4. The Balaban J connectivity index is 0.00000256. The molecular formula is C12H26ClN3O. The minimum absolute atomic E-state index is 0. The summed E-state index contributed by atoms with van der Waals surface area (Å²) < 4.78 is 0. The van der Waals surface area contributed by atoms with Crippen LogP contribution >= 0.6 is 12.4 Å². The predicted octanol–water partition coefficient (Wildman–Crippen LogP) is 0.992. The van der Waals surface area contributed by atoms with Crippen LogP contribution in [0.15, 0.2) is 0 Å². The number of likely N-dealkylation sites (tertiary alicyclic amines) is 1. The van der Waals surface area contributed by atoms with Crippen LogP contribution in [0.1, 0.15) is 33.6 Å². The van der Waals surface area contributed by atoms with Crippen molar-refractivity contribution >= 4 is 18.3 Å². The van der Waals surface area contributed by atoms with Crippen molar-refractivity contribution in [3.63, 3.8) is 0 Å². The zero-order chi connectivity index (χ0) is 12.1. The van der Waals surface area contributed by atoms with Crippen LogP contribution in [0.3, 0.4) is 0 Å². The first-order valence-corrected chi connectivity index (χ1v) is 6.33. The third kappa shape index (κ3) is 5.23. The molecule has 0 unspecified atom stereocenters. The van der Waals surface area contributed by atoms with Gasteiger partial charge in [-0.25, -0.2) is 0 Å². The molecule has 0 aromatic carbocycles. The Hall–Kier alpha value is -0.320. The Morgan fingerprint density at radius 2 is 1.94 bits per heavy atom. The minimum atomic E-state index is -0.371. The van der Waals surface area contributed by atoms with Gasteiger partial charge in [0, 0.05) is 19.1 Å². The molecule has 1 amide bonds. The van der Waals surface area contributed by atoms with E-state index < -0.39 is 0 Å². The highest BCUT2D eigenvalue weighted by Crippen LogP contribution is 2.10. The standard InChI is InChI=1S/C12H25N3O.ClH/c1-4-15-7-5-10(6-8-15)14-12(16)11(13)9(2)3;/h9-11H,4-8,13H2,1-3H3,(H,14,16);1H/t11-;/m1./s1. The molecule has 0 aliphatic carbocycles. The van der Waals surface area contributed by atoms with Crippen LogP contribution in [0.2, 0.25) is 0 Å². The second-order valence-corrected chi connectivity index (χ2v) is 4.99. The zero-order valence-corrected chi connectivity index (χ0v) is 11.9. The summed E-state index contributed by atoms with van der Waals surface area (Å²) in [6, 6.07) is -0.0516. The van der Waals surface area contributed by atoms with Crippen LogP contribution < -0.4 is 11.1 Å². The van der Waals surface area contributed by atoms with Crippen molar-refractivity contribution in [1.82, 2.24) is 10.2 Å². The van der Waals surface area contributed by atoms with E-state index in [-0.39, 0.29) is 30.3 Å². The van der Waals surface area contributed by atoms with E-state index in [0.29, 0.717) is 6.04 Å². The molecule has 1 aliphatic heterocycles. The van der Waals surface area contributed by atoms with Crippen molar-refractivity contribution in [2.75, 3.05) is 19.6 Å². The molecule has 1 aliphatic rings. The van der Waals surface area contributed by atoms with Gasteiger partial charge in [-0.05, 0) is 25.3 Å². The van der Waals surface area contributed by atoms with Crippen molar-refractivity contribution < 1.29 is 4.79 Å². The molecule has 0 spiro atoms. The van der Waals surface area contributed by atoms with Crippen molar-refractivity contribution in [1.29, 1.82) is 0 Å². The fourth-order valence-corrected chi connectivity index (χ4v) is 1.99. The molecular weight excluding hydrogens is 238 g/mol. The molecule has 0 bridgehead atoms. The van der Waals surface area contributed by atoms with E-state index >= 15 is 0 Å². The van der Waals surface area contributed by atoms with Crippen molar-refractivity contribution in [2.24, 2.45) is 11.7 Å². The maximum atomic E-state index is 11.8. The normalized spacial score (nSPS) is 19.8. The molecule has 0 aromatic rings. The molecule has 1 atom stereocenters. The highest BCUT2D eigenvalue weighted by Gasteiger charge is 2.23. The van der Waals surface area contributed by atoms with Gasteiger partial charge < -0.3 is 16.0 Å². The molecule has 1 rings (SSSR count). The van der Waals surface area contributed by atoms with E-state index in [0.717, 1.165) is 32.5 Å². The Morgan fingerprint density at radius 1 is 1.41 bits per heavy atom. The Kier molecular flexibility index (Phi) is 7.75. The number of hydrogen-bond acceptors (Lipinski definition) is 3. The van der Waals surface area contributed by atoms with E-state index in [1.54, 1.807) is 0 Å². The van der Waals surface area contributed by atoms with Gasteiger partial charge in [0.1, 0.15) is 0 Å². The predicted molar refractivity (Wildman–Crippen MR) is 73.3 cm³/mol. The maximum Gasteiger partial charge on any atom is 0.237 e. The highest BCUT2D eigenvalue weighted by atomic mass is 35.5. The molecule has 5 heteroatoms. The summed E-state index contributed by atoms with van der Waals surface area (Å²) in [5, 5.41) is 3.05. The van der Waals surface area contributed by atoms with Gasteiger partial charge in [-0.15, -0.1) is 12.4 Å². The monoisotopic (exact) mass is 263 g/mol. The molecule has 1 fully saturated rings. The van der Waals surface area contributed by atoms with Crippen LogP contribution in [0, 0.1) is 5.92 Å². The summed E-state index contributed by atoms with van der Waals surface area (Å²) in [4.78, 5) is 14.2. The number of halogens is 1. The molecule has 1 saturated heterocycles. The van der Waals surface area contributed by atoms with Crippen LogP contribution in [-0.2, 0) is 4.79 Å². The second-order valence-electron chi connectivity index (χ2n) is 4.99. The van der Waals surface area contributed by atoms with Gasteiger partial charge in [-0.2, -0.15) is 0 Å². The zero-order valence-electron chi connectivity index (χ0n) is 11.1. The lowest BCUT2D eigenvalue weighted by atomic mass is 10.0. The van der Waals surface area contributed by atoms with Gasteiger partial charge in [0.05, 0.1) is 6.04 Å². The van der Waals surface area contributed by atoms with Crippen molar-refractivity contribution in [3.8, 4) is 0 Å². The topological polar surface area (TPSA) is 58.4 Å². The lowest BCUT2D eigenvalue weighted by Gasteiger charge is -2.32. The molecule has 0 saturated carbocycles. The summed E-state index contributed by atoms with van der Waals surface area (Å²) >= 11 is 0. The van der Waals surface area contributed by atoms with Crippen LogP contribution in [0.25, 0.3) is 0 Å². The largest absolute Gasteiger partial charge is 0.352 e. The van der Waals surface area contributed by atoms with E-state index in [1.165, 1.54) is 0 Å². The molecule has 1 heterocycles. The number of nitrogens with zero attached hydrogens (tertiary/aromatic N) is 1. The molecule has 17 heavy (non-hydrogen) atoms. The molecule has 0 aromatic heterocycles. The van der Waals surface area contributed by atoms with E-state index in [1.807, 2.05) is 13.8 Å². The third-order valence-electron chi connectivity index (χ3n) is 3.40.